The lowest BCUT2D eigenvalue weighted by molar-refractivity contribution is 0.396. The molecule has 0 saturated heterocycles. The summed E-state index contributed by atoms with van der Waals surface area (Å²) >= 11 is 0. The van der Waals surface area contributed by atoms with Crippen molar-refractivity contribution in [3.05, 3.63) is 23.9 Å². The summed E-state index contributed by atoms with van der Waals surface area (Å²) in [6, 6.07) is 5.31. The minimum atomic E-state index is 0.360. The summed E-state index contributed by atoms with van der Waals surface area (Å²) in [5.74, 6) is 1.51. The zero-order valence-corrected chi connectivity index (χ0v) is 8.52. The molecule has 78 valence electrons. The van der Waals surface area contributed by atoms with Gasteiger partial charge >= 0.3 is 0 Å². The summed E-state index contributed by atoms with van der Waals surface area (Å²) in [4.78, 5) is 4.17. The van der Waals surface area contributed by atoms with Crippen molar-refractivity contribution in [2.45, 2.75) is 6.92 Å². The van der Waals surface area contributed by atoms with Crippen LogP contribution in [0.1, 0.15) is 5.69 Å². The van der Waals surface area contributed by atoms with Gasteiger partial charge in [-0.15, -0.1) is 0 Å². The zero-order valence-electron chi connectivity index (χ0n) is 8.52. The van der Waals surface area contributed by atoms with Crippen LogP contribution in [-0.4, -0.2) is 17.3 Å². The number of aromatic nitrogens is 2. The Bertz CT molecular complexity index is 479. The third kappa shape index (κ3) is 1.90. The number of nitrogens with two attached hydrogens (primary N) is 1. The van der Waals surface area contributed by atoms with Gasteiger partial charge in [-0.1, -0.05) is 5.16 Å². The number of hydrogen-bond donors (Lipinski definition) is 1. The summed E-state index contributed by atoms with van der Waals surface area (Å²) in [5, 5.41) is 3.62. The molecule has 0 unspecified atom stereocenters. The molecule has 2 rings (SSSR count). The van der Waals surface area contributed by atoms with Crippen LogP contribution in [0.15, 0.2) is 22.7 Å². The van der Waals surface area contributed by atoms with E-state index in [0.29, 0.717) is 17.5 Å². The Morgan fingerprint density at radius 3 is 2.73 bits per heavy atom. The summed E-state index contributed by atoms with van der Waals surface area (Å²) in [7, 11) is 1.57. The molecule has 5 nitrogen and oxygen atoms in total. The average molecular weight is 205 g/mol. The number of hydrogen-bond acceptors (Lipinski definition) is 5. The Hall–Kier alpha value is -2.04. The fraction of sp³-hybridized carbons (Fsp3) is 0.200. The maximum absolute atomic E-state index is 5.47. The molecule has 2 aromatic rings. The van der Waals surface area contributed by atoms with E-state index in [1.54, 1.807) is 19.2 Å². The molecular weight excluding hydrogens is 194 g/mol. The summed E-state index contributed by atoms with van der Waals surface area (Å²) < 4.78 is 10.1. The Morgan fingerprint density at radius 2 is 2.13 bits per heavy atom. The van der Waals surface area contributed by atoms with E-state index in [1.807, 2.05) is 13.0 Å². The van der Waals surface area contributed by atoms with Crippen LogP contribution in [0.4, 0.5) is 5.82 Å². The molecule has 0 fully saturated rings. The van der Waals surface area contributed by atoms with Crippen LogP contribution < -0.4 is 10.5 Å². The highest BCUT2D eigenvalue weighted by molar-refractivity contribution is 5.61. The highest BCUT2D eigenvalue weighted by Gasteiger charge is 2.07. The minimum absolute atomic E-state index is 0.360. The number of ether oxygens (including phenoxy) is 1. The van der Waals surface area contributed by atoms with E-state index in [2.05, 4.69) is 10.1 Å². The number of pyridine rings is 1. The van der Waals surface area contributed by atoms with Crippen molar-refractivity contribution in [3.63, 3.8) is 0 Å². The maximum atomic E-state index is 5.47. The third-order valence-electron chi connectivity index (χ3n) is 1.95. The first kappa shape index (κ1) is 9.51. The first-order valence-corrected chi connectivity index (χ1v) is 4.44. The minimum Gasteiger partial charge on any atom is -0.481 e. The first-order chi connectivity index (χ1) is 7.19. The van der Waals surface area contributed by atoms with Crippen molar-refractivity contribution in [2.24, 2.45) is 0 Å². The van der Waals surface area contributed by atoms with E-state index in [0.717, 1.165) is 11.3 Å². The second kappa shape index (κ2) is 3.61. The normalized spacial score (nSPS) is 10.3. The molecule has 0 aliphatic rings. The molecule has 5 heteroatoms. The van der Waals surface area contributed by atoms with E-state index in [-0.39, 0.29) is 0 Å². The number of nitrogens with zero attached hydrogens (tertiary/aromatic N) is 2. The topological polar surface area (TPSA) is 74.2 Å². The predicted molar refractivity (Wildman–Crippen MR) is 55.4 cm³/mol. The highest BCUT2D eigenvalue weighted by atomic mass is 16.5. The molecule has 2 N–H and O–H groups in total. The van der Waals surface area contributed by atoms with Crippen molar-refractivity contribution in [1.82, 2.24) is 10.1 Å². The molecule has 0 spiro atoms. The summed E-state index contributed by atoms with van der Waals surface area (Å²) in [5.41, 5.74) is 7.17. The lowest BCUT2D eigenvalue weighted by Crippen LogP contribution is -1.90. The third-order valence-corrected chi connectivity index (χ3v) is 1.95. The van der Waals surface area contributed by atoms with Crippen molar-refractivity contribution >= 4 is 5.82 Å². The molecule has 2 aromatic heterocycles. The zero-order chi connectivity index (χ0) is 10.8. The molecule has 0 saturated carbocycles. The van der Waals surface area contributed by atoms with Crippen molar-refractivity contribution < 1.29 is 9.26 Å². The maximum Gasteiger partial charge on any atom is 0.213 e. The molecule has 0 bridgehead atoms. The van der Waals surface area contributed by atoms with Crippen molar-refractivity contribution in [3.8, 4) is 17.2 Å². The number of methoxy groups -OCH3 is 1. The standard InChI is InChI=1S/C10H11N3O2/c1-6-3-7(4-10(12-6)14-2)8-5-9(11)13-15-8/h3-5H,1-2H3,(H2,11,13). The van der Waals surface area contributed by atoms with E-state index >= 15 is 0 Å². The second-order valence-corrected chi connectivity index (χ2v) is 3.16. The summed E-state index contributed by atoms with van der Waals surface area (Å²) in [6.45, 7) is 1.88. The molecule has 0 aliphatic carbocycles. The van der Waals surface area contributed by atoms with Crippen LogP contribution in [-0.2, 0) is 0 Å². The number of aryl methyl sites for hydroxylation is 1. The highest BCUT2D eigenvalue weighted by Crippen LogP contribution is 2.24. The first-order valence-electron chi connectivity index (χ1n) is 4.44. The molecule has 0 aromatic carbocycles. The van der Waals surface area contributed by atoms with Gasteiger partial charge in [-0.2, -0.15) is 0 Å². The quantitative estimate of drug-likeness (QED) is 0.806. The molecular formula is C10H11N3O2. The van der Waals surface area contributed by atoms with E-state index in [4.69, 9.17) is 15.0 Å². The molecule has 0 amide bonds. The van der Waals surface area contributed by atoms with Crippen LogP contribution in [0.25, 0.3) is 11.3 Å². The molecule has 0 radical (unpaired) electrons. The van der Waals surface area contributed by atoms with Crippen molar-refractivity contribution in [2.75, 3.05) is 12.8 Å². The van der Waals surface area contributed by atoms with Crippen LogP contribution in [0.2, 0.25) is 0 Å². The predicted octanol–water partition coefficient (Wildman–Crippen LogP) is 1.64. The second-order valence-electron chi connectivity index (χ2n) is 3.16. The van der Waals surface area contributed by atoms with E-state index in [1.165, 1.54) is 0 Å². The number of rotatable bonds is 2. The summed E-state index contributed by atoms with van der Waals surface area (Å²) in [6.07, 6.45) is 0. The van der Waals surface area contributed by atoms with Gasteiger partial charge < -0.3 is 15.0 Å². The lowest BCUT2D eigenvalue weighted by Gasteiger charge is -2.02. The molecule has 15 heavy (non-hydrogen) atoms. The number of anilines is 1. The van der Waals surface area contributed by atoms with Gasteiger partial charge in [0.1, 0.15) is 0 Å². The fourth-order valence-electron chi connectivity index (χ4n) is 1.31. The Labute approximate surface area is 86.9 Å². The molecule has 0 aliphatic heterocycles. The van der Waals surface area contributed by atoms with Crippen LogP contribution >= 0.6 is 0 Å². The van der Waals surface area contributed by atoms with Crippen LogP contribution in [0.3, 0.4) is 0 Å². The van der Waals surface area contributed by atoms with Crippen LogP contribution in [0.5, 0.6) is 5.88 Å². The van der Waals surface area contributed by atoms with Gasteiger partial charge in [-0.25, -0.2) is 4.98 Å². The largest absolute Gasteiger partial charge is 0.481 e. The van der Waals surface area contributed by atoms with Gasteiger partial charge in [-0.05, 0) is 13.0 Å². The number of nitrogen functional groups attached to an aromatic ring is 1. The van der Waals surface area contributed by atoms with E-state index < -0.39 is 0 Å². The average Bonchev–Trinajstić information content (AvgIpc) is 2.64. The monoisotopic (exact) mass is 205 g/mol. The van der Waals surface area contributed by atoms with Gasteiger partial charge in [0.2, 0.25) is 5.88 Å². The smallest absolute Gasteiger partial charge is 0.213 e. The lowest BCUT2D eigenvalue weighted by atomic mass is 10.2. The Morgan fingerprint density at radius 1 is 1.33 bits per heavy atom. The van der Waals surface area contributed by atoms with Gasteiger partial charge in [0.25, 0.3) is 0 Å². The van der Waals surface area contributed by atoms with Crippen LogP contribution in [0, 0.1) is 6.92 Å². The van der Waals surface area contributed by atoms with Crippen molar-refractivity contribution in [1.29, 1.82) is 0 Å². The SMILES string of the molecule is COc1cc(-c2cc(N)no2)cc(C)n1. The fourth-order valence-corrected chi connectivity index (χ4v) is 1.31. The Kier molecular flexibility index (Phi) is 2.29. The van der Waals surface area contributed by atoms with Gasteiger partial charge in [0, 0.05) is 23.4 Å². The van der Waals surface area contributed by atoms with Gasteiger partial charge in [0.05, 0.1) is 7.11 Å². The molecule has 2 heterocycles. The molecule has 0 atom stereocenters. The van der Waals surface area contributed by atoms with Gasteiger partial charge in [0.15, 0.2) is 11.6 Å². The Balaban J connectivity index is 2.48. The van der Waals surface area contributed by atoms with Gasteiger partial charge in [-0.3, -0.25) is 0 Å². The van der Waals surface area contributed by atoms with E-state index in [9.17, 15) is 0 Å².